The van der Waals surface area contributed by atoms with E-state index in [0.29, 0.717) is 28.2 Å². The first-order valence-corrected chi connectivity index (χ1v) is 10.3. The molecule has 2 amide bonds. The van der Waals surface area contributed by atoms with Crippen molar-refractivity contribution in [1.82, 2.24) is 10.4 Å². The van der Waals surface area contributed by atoms with Crippen LogP contribution in [0.5, 0.6) is 11.5 Å². The molecule has 2 aromatic rings. The molecular weight excluding hydrogens is 396 g/mol. The number of hydrazine groups is 1. The van der Waals surface area contributed by atoms with Crippen LogP contribution in [0.3, 0.4) is 0 Å². The third kappa shape index (κ3) is 4.82. The van der Waals surface area contributed by atoms with Crippen LogP contribution in [0.2, 0.25) is 0 Å². The summed E-state index contributed by atoms with van der Waals surface area (Å²) in [7, 11) is 0. The van der Waals surface area contributed by atoms with E-state index in [4.69, 9.17) is 9.47 Å². The summed E-state index contributed by atoms with van der Waals surface area (Å²) in [5, 5.41) is 10.7. The third-order valence-electron chi connectivity index (χ3n) is 5.08. The molecule has 0 saturated carbocycles. The Morgan fingerprint density at radius 1 is 1.13 bits per heavy atom. The number of aryl methyl sites for hydroxylation is 2. The molecule has 0 spiro atoms. The Balaban J connectivity index is 1.91. The molecule has 0 aliphatic carbocycles. The Bertz CT molecular complexity index is 990. The van der Waals surface area contributed by atoms with Crippen LogP contribution in [0.15, 0.2) is 30.3 Å². The van der Waals surface area contributed by atoms with E-state index < -0.39 is 17.6 Å². The number of hydrogen-bond acceptors (Lipinski definition) is 5. The Morgan fingerprint density at radius 2 is 1.77 bits per heavy atom. The first kappa shape index (κ1) is 22.6. The average molecular weight is 427 g/mol. The normalized spacial score (nSPS) is 15.4. The zero-order chi connectivity index (χ0) is 22.9. The highest BCUT2D eigenvalue weighted by molar-refractivity contribution is 6.00. The van der Waals surface area contributed by atoms with Gasteiger partial charge >= 0.3 is 0 Å². The Hall–Kier alpha value is -3.06. The predicted molar refractivity (Wildman–Crippen MR) is 117 cm³/mol. The van der Waals surface area contributed by atoms with Gasteiger partial charge in [0.25, 0.3) is 11.8 Å². The van der Waals surface area contributed by atoms with Gasteiger partial charge in [-0.05, 0) is 65.8 Å². The predicted octanol–water partition coefficient (Wildman–Crippen LogP) is 3.33. The lowest BCUT2D eigenvalue weighted by Gasteiger charge is -2.36. The van der Waals surface area contributed by atoms with Crippen LogP contribution in [0.4, 0.5) is 0 Å². The molecule has 0 saturated heterocycles. The minimum absolute atomic E-state index is 0.183. The third-order valence-corrected chi connectivity index (χ3v) is 5.08. The molecule has 3 rings (SSSR count). The van der Waals surface area contributed by atoms with Gasteiger partial charge in [-0.15, -0.1) is 0 Å². The highest BCUT2D eigenvalue weighted by Crippen LogP contribution is 2.37. The smallest absolute Gasteiger partial charge is 0.272 e. The Morgan fingerprint density at radius 3 is 2.35 bits per heavy atom. The van der Waals surface area contributed by atoms with Crippen LogP contribution >= 0.6 is 0 Å². The maximum atomic E-state index is 13.3. The summed E-state index contributed by atoms with van der Waals surface area (Å²) in [6, 6.07) is 8.93. The lowest BCUT2D eigenvalue weighted by Crippen LogP contribution is -2.56. The number of rotatable bonds is 3. The first-order chi connectivity index (χ1) is 14.5. The Kier molecular flexibility index (Phi) is 6.27. The van der Waals surface area contributed by atoms with Crippen molar-refractivity contribution in [3.05, 3.63) is 58.1 Å². The number of nitrogens with one attached hydrogen (secondary N) is 1. The zero-order valence-electron chi connectivity index (χ0n) is 18.9. The molecule has 31 heavy (non-hydrogen) atoms. The Labute approximate surface area is 182 Å². The number of nitrogens with zero attached hydrogens (tertiary/aromatic N) is 1. The van der Waals surface area contributed by atoms with Crippen LogP contribution in [-0.4, -0.2) is 46.8 Å². The maximum Gasteiger partial charge on any atom is 0.272 e. The fourth-order valence-electron chi connectivity index (χ4n) is 3.56. The van der Waals surface area contributed by atoms with Gasteiger partial charge in [0.05, 0.1) is 12.1 Å². The molecule has 0 radical (unpaired) electrons. The van der Waals surface area contributed by atoms with Gasteiger partial charge in [-0.2, -0.15) is 0 Å². The molecule has 166 valence electrons. The van der Waals surface area contributed by atoms with Gasteiger partial charge in [0.1, 0.15) is 6.61 Å². The summed E-state index contributed by atoms with van der Waals surface area (Å²) >= 11 is 0. The fourth-order valence-corrected chi connectivity index (χ4v) is 3.56. The molecule has 0 fully saturated rings. The number of carbonyl (C=O) groups is 2. The van der Waals surface area contributed by atoms with Crippen LogP contribution < -0.4 is 14.9 Å². The van der Waals surface area contributed by atoms with Crippen molar-refractivity contribution in [3.8, 4) is 11.5 Å². The van der Waals surface area contributed by atoms with Gasteiger partial charge in [0.15, 0.2) is 17.6 Å². The van der Waals surface area contributed by atoms with Gasteiger partial charge in [-0.25, -0.2) is 5.01 Å². The summed E-state index contributed by atoms with van der Waals surface area (Å²) in [5.41, 5.74) is 5.54. The lowest BCUT2D eigenvalue weighted by atomic mass is 10.0. The van der Waals surface area contributed by atoms with Crippen molar-refractivity contribution >= 4 is 11.8 Å². The average Bonchev–Trinajstić information content (AvgIpc) is 2.70. The SMILES string of the molecule is Cc1cc(C)cc(C(=O)N(NC(=O)c2ccc3c(c2C)O[C@@H](CO)CO3)C(C)(C)C)c1. The molecule has 7 heteroatoms. The highest BCUT2D eigenvalue weighted by Gasteiger charge is 2.31. The van der Waals surface area contributed by atoms with Gasteiger partial charge in [-0.3, -0.25) is 15.0 Å². The highest BCUT2D eigenvalue weighted by atomic mass is 16.6. The number of aliphatic hydroxyl groups excluding tert-OH is 1. The molecule has 0 bridgehead atoms. The number of ether oxygens (including phenoxy) is 2. The minimum atomic E-state index is -0.659. The molecule has 2 N–H and O–H groups in total. The zero-order valence-corrected chi connectivity index (χ0v) is 18.9. The first-order valence-electron chi connectivity index (χ1n) is 10.3. The molecule has 0 aromatic heterocycles. The van der Waals surface area contributed by atoms with E-state index in [0.717, 1.165) is 11.1 Å². The molecule has 1 aliphatic rings. The number of aliphatic hydroxyl groups is 1. The van der Waals surface area contributed by atoms with Crippen molar-refractivity contribution in [2.24, 2.45) is 0 Å². The van der Waals surface area contributed by atoms with E-state index in [1.807, 2.05) is 52.8 Å². The lowest BCUT2D eigenvalue weighted by molar-refractivity contribution is 0.0354. The van der Waals surface area contributed by atoms with Crippen molar-refractivity contribution in [1.29, 1.82) is 0 Å². The maximum absolute atomic E-state index is 13.3. The molecule has 2 aromatic carbocycles. The molecule has 0 unspecified atom stereocenters. The van der Waals surface area contributed by atoms with Crippen molar-refractivity contribution in [3.63, 3.8) is 0 Å². The van der Waals surface area contributed by atoms with Gasteiger partial charge in [0, 0.05) is 16.7 Å². The van der Waals surface area contributed by atoms with E-state index in [1.165, 1.54) is 5.01 Å². The summed E-state index contributed by atoms with van der Waals surface area (Å²) in [5.74, 6) is 0.240. The van der Waals surface area contributed by atoms with Crippen LogP contribution in [0.25, 0.3) is 0 Å². The van der Waals surface area contributed by atoms with Gasteiger partial charge in [0.2, 0.25) is 0 Å². The topological polar surface area (TPSA) is 88.1 Å². The quantitative estimate of drug-likeness (QED) is 0.735. The van der Waals surface area contributed by atoms with Crippen molar-refractivity contribution in [2.75, 3.05) is 13.2 Å². The fraction of sp³-hybridized carbons (Fsp3) is 0.417. The van der Waals surface area contributed by atoms with Crippen molar-refractivity contribution < 1.29 is 24.2 Å². The van der Waals surface area contributed by atoms with Crippen LogP contribution in [-0.2, 0) is 0 Å². The van der Waals surface area contributed by atoms with E-state index in [9.17, 15) is 14.7 Å². The summed E-state index contributed by atoms with van der Waals surface area (Å²) in [6.45, 7) is 11.3. The second kappa shape index (κ2) is 8.59. The second-order valence-corrected chi connectivity index (χ2v) is 8.93. The molecule has 1 heterocycles. The molecule has 7 nitrogen and oxygen atoms in total. The number of carbonyl (C=O) groups excluding carboxylic acids is 2. The molecule has 1 aliphatic heterocycles. The van der Waals surface area contributed by atoms with E-state index in [2.05, 4.69) is 5.43 Å². The number of benzene rings is 2. The number of fused-ring (bicyclic) bond motifs is 1. The van der Waals surface area contributed by atoms with E-state index in [-0.39, 0.29) is 19.1 Å². The number of amides is 2. The second-order valence-electron chi connectivity index (χ2n) is 8.93. The molecular formula is C24H30N2O5. The largest absolute Gasteiger partial charge is 0.486 e. The van der Waals surface area contributed by atoms with E-state index >= 15 is 0 Å². The van der Waals surface area contributed by atoms with Gasteiger partial charge < -0.3 is 14.6 Å². The standard InChI is InChI=1S/C24H30N2O5/c1-14-9-15(2)11-17(10-14)23(29)26(24(4,5)6)25-22(28)19-7-8-20-21(16(19)3)31-18(12-27)13-30-20/h7-11,18,27H,12-13H2,1-6H3,(H,25,28)/t18-/m0/s1. The van der Waals surface area contributed by atoms with Crippen molar-refractivity contribution in [2.45, 2.75) is 53.2 Å². The summed E-state index contributed by atoms with van der Waals surface area (Å²) in [6.07, 6.45) is -0.485. The minimum Gasteiger partial charge on any atom is -0.486 e. The number of hydrogen-bond donors (Lipinski definition) is 2. The van der Waals surface area contributed by atoms with Crippen LogP contribution in [0.1, 0.15) is 58.2 Å². The van der Waals surface area contributed by atoms with Gasteiger partial charge in [-0.1, -0.05) is 17.2 Å². The van der Waals surface area contributed by atoms with E-state index in [1.54, 1.807) is 19.1 Å². The molecule has 1 atom stereocenters. The monoisotopic (exact) mass is 426 g/mol. The summed E-state index contributed by atoms with van der Waals surface area (Å²) < 4.78 is 11.4. The van der Waals surface area contributed by atoms with Crippen LogP contribution in [0, 0.1) is 20.8 Å². The summed E-state index contributed by atoms with van der Waals surface area (Å²) in [4.78, 5) is 26.5.